The van der Waals surface area contributed by atoms with Crippen LogP contribution in [0.15, 0.2) is 47.8 Å². The van der Waals surface area contributed by atoms with E-state index in [1.807, 2.05) is 24.3 Å². The molecule has 0 saturated heterocycles. The molecular weight excluding hydrogens is 378 g/mol. The molecule has 1 saturated carbocycles. The summed E-state index contributed by atoms with van der Waals surface area (Å²) >= 11 is 1.45. The zero-order chi connectivity index (χ0) is 19.6. The van der Waals surface area contributed by atoms with Crippen LogP contribution in [-0.4, -0.2) is 38.0 Å². The third-order valence-corrected chi connectivity index (χ3v) is 6.19. The van der Waals surface area contributed by atoms with Crippen LogP contribution in [0.25, 0.3) is 0 Å². The number of rotatable bonds is 3. The molecule has 0 radical (unpaired) electrons. The molecule has 2 aromatic rings. The number of thioether (sulfide) groups is 1. The van der Waals surface area contributed by atoms with Crippen molar-refractivity contribution in [2.75, 3.05) is 11.1 Å². The van der Waals surface area contributed by atoms with Crippen LogP contribution in [0.4, 0.5) is 10.5 Å². The molecule has 1 aromatic carbocycles. The van der Waals surface area contributed by atoms with Gasteiger partial charge in [0, 0.05) is 17.6 Å². The molecule has 9 heteroatoms. The lowest BCUT2D eigenvalue weighted by atomic mass is 9.81. The molecule has 1 aliphatic carbocycles. The molecule has 28 heavy (non-hydrogen) atoms. The Labute approximate surface area is 165 Å². The second-order valence-corrected chi connectivity index (χ2v) is 7.81. The van der Waals surface area contributed by atoms with Gasteiger partial charge in [-0.15, -0.1) is 0 Å². The van der Waals surface area contributed by atoms with E-state index in [1.165, 1.54) is 24.3 Å². The predicted octanol–water partition coefficient (Wildman–Crippen LogP) is 3.09. The van der Waals surface area contributed by atoms with Gasteiger partial charge in [0.25, 0.3) is 5.91 Å². The van der Waals surface area contributed by atoms with Crippen molar-refractivity contribution in [2.45, 2.75) is 24.8 Å². The van der Waals surface area contributed by atoms with Crippen molar-refractivity contribution in [3.63, 3.8) is 0 Å². The lowest BCUT2D eigenvalue weighted by Gasteiger charge is -2.36. The van der Waals surface area contributed by atoms with E-state index >= 15 is 0 Å². The van der Waals surface area contributed by atoms with E-state index in [1.54, 1.807) is 6.07 Å². The van der Waals surface area contributed by atoms with E-state index in [0.29, 0.717) is 16.8 Å². The van der Waals surface area contributed by atoms with Crippen LogP contribution in [-0.2, 0) is 5.54 Å². The van der Waals surface area contributed by atoms with Crippen LogP contribution in [0.3, 0.4) is 0 Å². The molecule has 2 amide bonds. The van der Waals surface area contributed by atoms with E-state index in [9.17, 15) is 9.59 Å². The predicted molar refractivity (Wildman–Crippen MR) is 106 cm³/mol. The van der Waals surface area contributed by atoms with Crippen LogP contribution in [0.1, 0.15) is 35.3 Å². The minimum atomic E-state index is -1.11. The third kappa shape index (κ3) is 3.57. The minimum Gasteiger partial charge on any atom is -0.465 e. The number of nitrogens with zero attached hydrogens (tertiary/aromatic N) is 3. The number of carbonyl (C=O) groups excluding carboxylic acids is 1. The second-order valence-electron chi connectivity index (χ2n) is 6.80. The molecular formula is C19H19N5O3S. The fourth-order valence-electron chi connectivity index (χ4n) is 3.91. The number of nitrogens with one attached hydrogen (secondary N) is 2. The molecule has 2 aliphatic rings. The van der Waals surface area contributed by atoms with Gasteiger partial charge in [-0.1, -0.05) is 30.3 Å². The van der Waals surface area contributed by atoms with Crippen molar-refractivity contribution in [3.05, 3.63) is 54.1 Å². The van der Waals surface area contributed by atoms with Gasteiger partial charge >= 0.3 is 6.09 Å². The van der Waals surface area contributed by atoms with Crippen LogP contribution in [0, 0.1) is 5.92 Å². The van der Waals surface area contributed by atoms with E-state index in [4.69, 9.17) is 10.1 Å². The van der Waals surface area contributed by atoms with Gasteiger partial charge < -0.3 is 10.4 Å². The monoisotopic (exact) mass is 397 g/mol. The van der Waals surface area contributed by atoms with Gasteiger partial charge in [0.2, 0.25) is 0 Å². The smallest absolute Gasteiger partial charge is 0.410 e. The first-order valence-corrected chi connectivity index (χ1v) is 9.96. The molecule has 1 unspecified atom stereocenters. The average molecular weight is 397 g/mol. The molecule has 4 rings (SSSR count). The lowest BCUT2D eigenvalue weighted by molar-refractivity contribution is 0.102. The SMILES string of the molecule is O=C(O)NC1=N[C@@]2(c3cccc(NC(=O)c4ccncn4)c3)CCCC2CS1. The van der Waals surface area contributed by atoms with E-state index in [2.05, 4.69) is 20.6 Å². The molecule has 0 bridgehead atoms. The molecule has 1 aromatic heterocycles. The highest BCUT2D eigenvalue weighted by molar-refractivity contribution is 8.13. The van der Waals surface area contributed by atoms with Crippen molar-refractivity contribution in [1.29, 1.82) is 0 Å². The molecule has 144 valence electrons. The summed E-state index contributed by atoms with van der Waals surface area (Å²) in [6.45, 7) is 0. The molecule has 8 nitrogen and oxygen atoms in total. The molecule has 3 N–H and O–H groups in total. The van der Waals surface area contributed by atoms with Crippen molar-refractivity contribution in [3.8, 4) is 0 Å². The topological polar surface area (TPSA) is 117 Å². The van der Waals surface area contributed by atoms with Gasteiger partial charge in [0.1, 0.15) is 12.0 Å². The van der Waals surface area contributed by atoms with E-state index in [0.717, 1.165) is 30.6 Å². The van der Waals surface area contributed by atoms with Gasteiger partial charge in [-0.25, -0.2) is 14.8 Å². The third-order valence-electron chi connectivity index (χ3n) is 5.16. The second kappa shape index (κ2) is 7.59. The van der Waals surface area contributed by atoms with Crippen LogP contribution in [0.5, 0.6) is 0 Å². The molecule has 1 aliphatic heterocycles. The first-order chi connectivity index (χ1) is 13.6. The summed E-state index contributed by atoms with van der Waals surface area (Å²) in [6.07, 6.45) is 4.68. The molecule has 2 heterocycles. The molecule has 0 spiro atoms. The summed E-state index contributed by atoms with van der Waals surface area (Å²) in [5, 5.41) is 14.7. The summed E-state index contributed by atoms with van der Waals surface area (Å²) in [6, 6.07) is 9.18. The maximum absolute atomic E-state index is 12.4. The number of amides is 2. The zero-order valence-electron chi connectivity index (χ0n) is 15.0. The summed E-state index contributed by atoms with van der Waals surface area (Å²) in [4.78, 5) is 36.0. The van der Waals surface area contributed by atoms with Crippen molar-refractivity contribution in [1.82, 2.24) is 15.3 Å². The first kappa shape index (κ1) is 18.4. The highest BCUT2D eigenvalue weighted by Gasteiger charge is 2.47. The highest BCUT2D eigenvalue weighted by atomic mass is 32.2. The number of aromatic nitrogens is 2. The standard InChI is InChI=1S/C19H19N5O3S/c25-16(15-6-8-20-11-21-15)22-14-5-1-3-12(9-14)19-7-2-4-13(19)10-28-17(24-19)23-18(26)27/h1,3,5-6,8-9,11,13H,2,4,7,10H2,(H,22,25)(H,23,24)(H,26,27)/t13?,19-/m1/s1. The number of carboxylic acid groups (broad SMARTS) is 1. The van der Waals surface area contributed by atoms with E-state index < -0.39 is 11.6 Å². The fourth-order valence-corrected chi connectivity index (χ4v) is 5.10. The average Bonchev–Trinajstić information content (AvgIpc) is 3.13. The van der Waals surface area contributed by atoms with Crippen molar-refractivity contribution >= 4 is 34.6 Å². The van der Waals surface area contributed by atoms with Gasteiger partial charge in [-0.05, 0) is 42.5 Å². The minimum absolute atomic E-state index is 0.289. The lowest BCUT2D eigenvalue weighted by Crippen LogP contribution is -2.39. The Balaban J connectivity index is 1.64. The summed E-state index contributed by atoms with van der Waals surface area (Å²) < 4.78 is 0. The number of hydrogen-bond acceptors (Lipinski definition) is 6. The Morgan fingerprint density at radius 1 is 1.25 bits per heavy atom. The summed E-state index contributed by atoms with van der Waals surface area (Å²) in [5.41, 5.74) is 1.47. The quantitative estimate of drug-likeness (QED) is 0.733. The van der Waals surface area contributed by atoms with Gasteiger partial charge in [0.05, 0.1) is 5.54 Å². The van der Waals surface area contributed by atoms with Crippen molar-refractivity contribution in [2.24, 2.45) is 10.9 Å². The maximum Gasteiger partial charge on any atom is 0.410 e. The Kier molecular flexibility index (Phi) is 4.99. The number of hydrogen-bond donors (Lipinski definition) is 3. The number of amidine groups is 1. The zero-order valence-corrected chi connectivity index (χ0v) is 15.8. The van der Waals surface area contributed by atoms with Gasteiger partial charge in [-0.2, -0.15) is 0 Å². The van der Waals surface area contributed by atoms with E-state index in [-0.39, 0.29) is 11.6 Å². The number of aliphatic imine (C=N–C) groups is 1. The first-order valence-electron chi connectivity index (χ1n) is 8.97. The Bertz CT molecular complexity index is 936. The Hall–Kier alpha value is -2.94. The molecule has 1 fully saturated rings. The maximum atomic E-state index is 12.4. The summed E-state index contributed by atoms with van der Waals surface area (Å²) in [5.74, 6) is 0.844. The largest absolute Gasteiger partial charge is 0.465 e. The van der Waals surface area contributed by atoms with Gasteiger partial charge in [-0.3, -0.25) is 15.1 Å². The number of carbonyl (C=O) groups is 2. The normalized spacial score (nSPS) is 23.4. The van der Waals surface area contributed by atoms with Crippen molar-refractivity contribution < 1.29 is 14.7 Å². The summed E-state index contributed by atoms with van der Waals surface area (Å²) in [7, 11) is 0. The van der Waals surface area contributed by atoms with Gasteiger partial charge in [0.15, 0.2) is 5.17 Å². The number of fused-ring (bicyclic) bond motifs is 1. The number of benzene rings is 1. The molecule has 2 atom stereocenters. The van der Waals surface area contributed by atoms with Crippen LogP contribution >= 0.6 is 11.8 Å². The van der Waals surface area contributed by atoms with Crippen LogP contribution in [0.2, 0.25) is 0 Å². The highest BCUT2D eigenvalue weighted by Crippen LogP contribution is 2.51. The number of anilines is 1. The van der Waals surface area contributed by atoms with Crippen LogP contribution < -0.4 is 10.6 Å². The Morgan fingerprint density at radius 3 is 2.93 bits per heavy atom. The fraction of sp³-hybridized carbons (Fsp3) is 0.316. The Morgan fingerprint density at radius 2 is 2.14 bits per heavy atom.